The monoisotopic (exact) mass is 457 g/mol. The van der Waals surface area contributed by atoms with Crippen LogP contribution in [0.2, 0.25) is 0 Å². The molecule has 1 heterocycles. The molecule has 3 aromatic rings. The van der Waals surface area contributed by atoms with Gasteiger partial charge in [0, 0.05) is 15.4 Å². The van der Waals surface area contributed by atoms with Crippen LogP contribution in [-0.2, 0) is 0 Å². The maximum absolute atomic E-state index is 5.55. The summed E-state index contributed by atoms with van der Waals surface area (Å²) in [5, 5.41) is 6.70. The molecule has 0 unspecified atom stereocenters. The summed E-state index contributed by atoms with van der Waals surface area (Å²) in [6.45, 7) is 4.26. The van der Waals surface area contributed by atoms with E-state index in [0.717, 1.165) is 37.6 Å². The van der Waals surface area contributed by atoms with Crippen LogP contribution in [0.25, 0.3) is 11.3 Å². The van der Waals surface area contributed by atoms with Gasteiger partial charge in [0.05, 0.1) is 32.7 Å². The number of hydrogen-bond acceptors (Lipinski definition) is 5. The Morgan fingerprint density at radius 3 is 2.61 bits per heavy atom. The Morgan fingerprint density at radius 2 is 1.93 bits per heavy atom. The zero-order chi connectivity index (χ0) is 19.9. The van der Waals surface area contributed by atoms with Crippen LogP contribution in [0.1, 0.15) is 5.56 Å². The molecule has 0 fully saturated rings. The molecule has 0 radical (unpaired) electrons. The van der Waals surface area contributed by atoms with Gasteiger partial charge in [-0.2, -0.15) is 5.10 Å². The molecule has 28 heavy (non-hydrogen) atoms. The van der Waals surface area contributed by atoms with Gasteiger partial charge in [-0.25, -0.2) is 4.68 Å². The highest BCUT2D eigenvalue weighted by Gasteiger charge is 2.14. The molecular weight excluding hydrogens is 438 g/mol. The minimum atomic E-state index is 0.517. The first-order valence-electron chi connectivity index (χ1n) is 8.50. The number of halogens is 1. The van der Waals surface area contributed by atoms with E-state index in [-0.39, 0.29) is 0 Å². The zero-order valence-electron chi connectivity index (χ0n) is 15.6. The van der Waals surface area contributed by atoms with Gasteiger partial charge in [-0.15, -0.1) is 17.9 Å². The normalized spacial score (nSPS) is 11.8. The number of hydrogen-bond donors (Lipinski definition) is 0. The quantitative estimate of drug-likeness (QED) is 0.371. The summed E-state index contributed by atoms with van der Waals surface area (Å²) in [6, 6.07) is 13.6. The predicted octanol–water partition coefficient (Wildman–Crippen LogP) is 4.97. The second-order valence-electron chi connectivity index (χ2n) is 5.71. The Morgan fingerprint density at radius 1 is 1.14 bits per heavy atom. The van der Waals surface area contributed by atoms with Gasteiger partial charge in [-0.05, 0) is 35.9 Å². The largest absolute Gasteiger partial charge is 0.497 e. The van der Waals surface area contributed by atoms with Crippen LogP contribution in [0.3, 0.4) is 0 Å². The first-order valence-corrected chi connectivity index (χ1v) is 10.2. The van der Waals surface area contributed by atoms with E-state index in [0.29, 0.717) is 6.54 Å². The van der Waals surface area contributed by atoms with Crippen molar-refractivity contribution in [2.75, 3.05) is 20.8 Å². The molecule has 5 nitrogen and oxygen atoms in total. The van der Waals surface area contributed by atoms with E-state index >= 15 is 0 Å². The van der Waals surface area contributed by atoms with Crippen molar-refractivity contribution in [2.45, 2.75) is 0 Å². The summed E-state index contributed by atoms with van der Waals surface area (Å²) in [7, 11) is 3.29. The Balaban J connectivity index is 2.14. The molecule has 0 amide bonds. The molecule has 0 aliphatic carbocycles. The molecular formula is C21H20BrN3O2S. The SMILES string of the molecule is C=CCN=c1scc(-c2cc(OC)ccc2OC)n1N=Cc1ccc(Br)cc1. The van der Waals surface area contributed by atoms with Gasteiger partial charge >= 0.3 is 0 Å². The van der Waals surface area contributed by atoms with Crippen molar-refractivity contribution in [3.8, 4) is 22.8 Å². The molecule has 0 atom stereocenters. The van der Waals surface area contributed by atoms with Crippen LogP contribution in [-0.4, -0.2) is 31.7 Å². The summed E-state index contributed by atoms with van der Waals surface area (Å²) in [5.41, 5.74) is 2.74. The van der Waals surface area contributed by atoms with Crippen molar-refractivity contribution >= 4 is 33.5 Å². The lowest BCUT2D eigenvalue weighted by Crippen LogP contribution is -2.12. The van der Waals surface area contributed by atoms with Crippen molar-refractivity contribution in [2.24, 2.45) is 10.1 Å². The lowest BCUT2D eigenvalue weighted by Gasteiger charge is -2.11. The number of benzene rings is 2. The first kappa shape index (κ1) is 20.1. The van der Waals surface area contributed by atoms with Gasteiger partial charge in [-0.1, -0.05) is 34.1 Å². The minimum absolute atomic E-state index is 0.517. The average Bonchev–Trinajstić information content (AvgIpc) is 3.13. The molecule has 1 aromatic heterocycles. The Hall–Kier alpha value is -2.64. The highest BCUT2D eigenvalue weighted by atomic mass is 79.9. The lowest BCUT2D eigenvalue weighted by molar-refractivity contribution is 0.404. The van der Waals surface area contributed by atoms with Crippen LogP contribution >= 0.6 is 27.3 Å². The maximum Gasteiger partial charge on any atom is 0.206 e. The van der Waals surface area contributed by atoms with Crippen LogP contribution in [0.5, 0.6) is 11.5 Å². The molecule has 7 heteroatoms. The summed E-state index contributed by atoms with van der Waals surface area (Å²) < 4.78 is 13.8. The smallest absolute Gasteiger partial charge is 0.206 e. The molecule has 0 saturated heterocycles. The second kappa shape index (κ2) is 9.52. The van der Waals surface area contributed by atoms with Crippen LogP contribution < -0.4 is 14.3 Å². The van der Waals surface area contributed by atoms with Crippen molar-refractivity contribution < 1.29 is 9.47 Å². The minimum Gasteiger partial charge on any atom is -0.497 e. The number of thiazole rings is 1. The van der Waals surface area contributed by atoms with E-state index in [1.165, 1.54) is 11.3 Å². The van der Waals surface area contributed by atoms with Crippen molar-refractivity contribution in [1.82, 2.24) is 4.68 Å². The molecule has 144 valence electrons. The zero-order valence-corrected chi connectivity index (χ0v) is 18.0. The molecule has 0 spiro atoms. The summed E-state index contributed by atoms with van der Waals surface area (Å²) in [5.74, 6) is 1.48. The number of aromatic nitrogens is 1. The fraction of sp³-hybridized carbons (Fsp3) is 0.143. The number of methoxy groups -OCH3 is 2. The predicted molar refractivity (Wildman–Crippen MR) is 119 cm³/mol. The van der Waals surface area contributed by atoms with Crippen LogP contribution in [0, 0.1) is 0 Å². The molecule has 0 N–H and O–H groups in total. The fourth-order valence-corrected chi connectivity index (χ4v) is 3.64. The summed E-state index contributed by atoms with van der Waals surface area (Å²) in [4.78, 5) is 5.34. The van der Waals surface area contributed by atoms with E-state index in [1.54, 1.807) is 20.3 Å². The highest BCUT2D eigenvalue weighted by Crippen LogP contribution is 2.33. The molecule has 0 bridgehead atoms. The first-order chi connectivity index (χ1) is 13.7. The van der Waals surface area contributed by atoms with Crippen molar-refractivity contribution in [3.05, 3.63) is 75.3 Å². The lowest BCUT2D eigenvalue weighted by atomic mass is 10.1. The molecule has 0 aliphatic rings. The number of nitrogens with zero attached hydrogens (tertiary/aromatic N) is 3. The van der Waals surface area contributed by atoms with Crippen molar-refractivity contribution in [1.29, 1.82) is 0 Å². The van der Waals surface area contributed by atoms with E-state index in [1.807, 2.05) is 58.7 Å². The topological polar surface area (TPSA) is 48.1 Å². The summed E-state index contributed by atoms with van der Waals surface area (Å²) >= 11 is 4.96. The van der Waals surface area contributed by atoms with Gasteiger partial charge in [-0.3, -0.25) is 4.99 Å². The van der Waals surface area contributed by atoms with E-state index in [9.17, 15) is 0 Å². The van der Waals surface area contributed by atoms with Crippen LogP contribution in [0.15, 0.2) is 75.1 Å². The number of rotatable bonds is 7. The third-order valence-electron chi connectivity index (χ3n) is 3.92. The van der Waals surface area contributed by atoms with Gasteiger partial charge < -0.3 is 9.47 Å². The summed E-state index contributed by atoms with van der Waals surface area (Å²) in [6.07, 6.45) is 3.57. The second-order valence-corrected chi connectivity index (χ2v) is 7.46. The van der Waals surface area contributed by atoms with E-state index in [4.69, 9.17) is 9.47 Å². The molecule has 2 aromatic carbocycles. The standard InChI is InChI=1S/C21H20BrN3O2S/c1-4-11-23-21-25(24-13-15-5-7-16(22)8-6-15)19(14-28-21)18-12-17(26-2)9-10-20(18)27-3/h4-10,12-14H,1,11H2,2-3H3. The Labute approximate surface area is 176 Å². The maximum atomic E-state index is 5.55. The van der Waals surface area contributed by atoms with Gasteiger partial charge in [0.2, 0.25) is 4.80 Å². The van der Waals surface area contributed by atoms with Gasteiger partial charge in [0.15, 0.2) is 0 Å². The average molecular weight is 458 g/mol. The van der Waals surface area contributed by atoms with E-state index < -0.39 is 0 Å². The third kappa shape index (κ3) is 4.61. The fourth-order valence-electron chi connectivity index (χ4n) is 2.53. The van der Waals surface area contributed by atoms with Crippen molar-refractivity contribution in [3.63, 3.8) is 0 Å². The Bertz CT molecular complexity index is 1050. The van der Waals surface area contributed by atoms with Gasteiger partial charge in [0.25, 0.3) is 0 Å². The van der Waals surface area contributed by atoms with Gasteiger partial charge in [0.1, 0.15) is 11.5 Å². The molecule has 0 aliphatic heterocycles. The van der Waals surface area contributed by atoms with Crippen LogP contribution in [0.4, 0.5) is 0 Å². The highest BCUT2D eigenvalue weighted by molar-refractivity contribution is 9.10. The Kier molecular flexibility index (Phi) is 6.84. The van der Waals surface area contributed by atoms with E-state index in [2.05, 4.69) is 32.6 Å². The molecule has 3 rings (SSSR count). The molecule has 0 saturated carbocycles. The third-order valence-corrected chi connectivity index (χ3v) is 5.30. The number of ether oxygens (including phenoxy) is 2.